The van der Waals surface area contributed by atoms with E-state index in [1.54, 1.807) is 0 Å². The van der Waals surface area contributed by atoms with E-state index in [2.05, 4.69) is 29.1 Å². The molecule has 3 aromatic rings. The van der Waals surface area contributed by atoms with Crippen LogP contribution in [0, 0.1) is 0 Å². The van der Waals surface area contributed by atoms with Gasteiger partial charge in [0, 0.05) is 24.7 Å². The monoisotopic (exact) mass is 362 g/mol. The Balaban J connectivity index is 1.63. The van der Waals surface area contributed by atoms with E-state index in [1.165, 1.54) is 0 Å². The minimum Gasteiger partial charge on any atom is -0.337 e. The summed E-state index contributed by atoms with van der Waals surface area (Å²) >= 11 is 0. The van der Waals surface area contributed by atoms with Gasteiger partial charge in [0.1, 0.15) is 0 Å². The first kappa shape index (κ1) is 17.4. The van der Waals surface area contributed by atoms with Gasteiger partial charge in [-0.05, 0) is 32.6 Å². The van der Waals surface area contributed by atoms with Crippen LogP contribution in [-0.2, 0) is 0 Å². The fraction of sp³-hybridized carbons (Fsp3) is 0.286. The SMILES string of the molecule is CN(C)[C@@H]1CCN(C(=O)c2ccccc2-c2nc(-c3ccccc3)no2)C1. The molecule has 0 aliphatic carbocycles. The van der Waals surface area contributed by atoms with E-state index in [-0.39, 0.29) is 5.91 Å². The average molecular weight is 362 g/mol. The molecule has 0 bridgehead atoms. The maximum absolute atomic E-state index is 13.1. The summed E-state index contributed by atoms with van der Waals surface area (Å²) in [5.41, 5.74) is 2.15. The number of benzene rings is 2. The van der Waals surface area contributed by atoms with Gasteiger partial charge < -0.3 is 14.3 Å². The van der Waals surface area contributed by atoms with Gasteiger partial charge >= 0.3 is 0 Å². The van der Waals surface area contributed by atoms with Crippen LogP contribution in [0.25, 0.3) is 22.8 Å². The van der Waals surface area contributed by atoms with E-state index in [0.29, 0.717) is 28.9 Å². The van der Waals surface area contributed by atoms with Crippen LogP contribution >= 0.6 is 0 Å². The molecule has 0 radical (unpaired) electrons. The molecule has 4 rings (SSSR count). The maximum atomic E-state index is 13.1. The smallest absolute Gasteiger partial charge is 0.259 e. The molecular formula is C21H22N4O2. The van der Waals surface area contributed by atoms with Crippen LogP contribution < -0.4 is 0 Å². The molecular weight excluding hydrogens is 340 g/mol. The van der Waals surface area contributed by atoms with E-state index in [4.69, 9.17) is 4.52 Å². The molecule has 27 heavy (non-hydrogen) atoms. The Morgan fingerprint density at radius 3 is 2.59 bits per heavy atom. The van der Waals surface area contributed by atoms with Crippen molar-refractivity contribution in [3.05, 3.63) is 60.2 Å². The normalized spacial score (nSPS) is 16.9. The molecule has 138 valence electrons. The Morgan fingerprint density at radius 2 is 1.85 bits per heavy atom. The van der Waals surface area contributed by atoms with Crippen LogP contribution in [0.1, 0.15) is 16.8 Å². The summed E-state index contributed by atoms with van der Waals surface area (Å²) in [6.45, 7) is 1.49. The second kappa shape index (κ2) is 7.32. The lowest BCUT2D eigenvalue weighted by molar-refractivity contribution is 0.0783. The molecule has 2 heterocycles. The Morgan fingerprint density at radius 1 is 1.11 bits per heavy atom. The largest absolute Gasteiger partial charge is 0.337 e. The lowest BCUT2D eigenvalue weighted by Crippen LogP contribution is -2.34. The number of aromatic nitrogens is 2. The predicted octanol–water partition coefficient (Wildman–Crippen LogP) is 3.18. The quantitative estimate of drug-likeness (QED) is 0.713. The molecule has 1 aliphatic rings. The van der Waals surface area contributed by atoms with Crippen molar-refractivity contribution in [2.24, 2.45) is 0 Å². The lowest BCUT2D eigenvalue weighted by atomic mass is 10.1. The van der Waals surface area contributed by atoms with Crippen molar-refractivity contribution < 1.29 is 9.32 Å². The summed E-state index contributed by atoms with van der Waals surface area (Å²) in [7, 11) is 4.10. The molecule has 6 nitrogen and oxygen atoms in total. The Bertz CT molecular complexity index is 936. The fourth-order valence-corrected chi connectivity index (χ4v) is 3.41. The number of hydrogen-bond donors (Lipinski definition) is 0. The van der Waals surface area contributed by atoms with E-state index >= 15 is 0 Å². The number of amides is 1. The third-order valence-corrected chi connectivity index (χ3v) is 5.03. The van der Waals surface area contributed by atoms with Gasteiger partial charge in [0.2, 0.25) is 5.82 Å². The second-order valence-electron chi connectivity index (χ2n) is 6.99. The minimum atomic E-state index is 0.00871. The van der Waals surface area contributed by atoms with Gasteiger partial charge in [0.25, 0.3) is 11.8 Å². The van der Waals surface area contributed by atoms with Crippen LogP contribution in [0.5, 0.6) is 0 Å². The molecule has 1 fully saturated rings. The Labute approximate surface area is 158 Å². The lowest BCUT2D eigenvalue weighted by Gasteiger charge is -2.21. The van der Waals surface area contributed by atoms with Crippen molar-refractivity contribution in [3.8, 4) is 22.8 Å². The van der Waals surface area contributed by atoms with Crippen molar-refractivity contribution >= 4 is 5.91 Å². The Kier molecular flexibility index (Phi) is 4.73. The third kappa shape index (κ3) is 3.48. The summed E-state index contributed by atoms with van der Waals surface area (Å²) < 4.78 is 5.48. The van der Waals surface area contributed by atoms with Crippen LogP contribution in [0.4, 0.5) is 0 Å². The number of hydrogen-bond acceptors (Lipinski definition) is 5. The van der Waals surface area contributed by atoms with E-state index in [1.807, 2.05) is 59.5 Å². The molecule has 0 unspecified atom stereocenters. The molecule has 2 aromatic carbocycles. The number of likely N-dealkylation sites (tertiary alicyclic amines) is 1. The summed E-state index contributed by atoms with van der Waals surface area (Å²) in [5, 5.41) is 4.08. The molecule has 0 spiro atoms. The minimum absolute atomic E-state index is 0.00871. The molecule has 1 saturated heterocycles. The van der Waals surface area contributed by atoms with Gasteiger partial charge in [-0.3, -0.25) is 4.79 Å². The average Bonchev–Trinajstić information content (AvgIpc) is 3.38. The third-order valence-electron chi connectivity index (χ3n) is 5.03. The molecule has 1 atom stereocenters. The molecule has 0 saturated carbocycles. The van der Waals surface area contributed by atoms with Crippen molar-refractivity contribution in [1.29, 1.82) is 0 Å². The number of nitrogens with zero attached hydrogens (tertiary/aromatic N) is 4. The van der Waals surface area contributed by atoms with E-state index < -0.39 is 0 Å². The van der Waals surface area contributed by atoms with Crippen LogP contribution in [0.3, 0.4) is 0 Å². The number of likely N-dealkylation sites (N-methyl/N-ethyl adjacent to an activating group) is 1. The van der Waals surface area contributed by atoms with Crippen molar-refractivity contribution in [1.82, 2.24) is 19.9 Å². The highest BCUT2D eigenvalue weighted by Crippen LogP contribution is 2.27. The van der Waals surface area contributed by atoms with E-state index in [9.17, 15) is 4.79 Å². The zero-order valence-corrected chi connectivity index (χ0v) is 15.5. The Hall–Kier alpha value is -2.99. The van der Waals surface area contributed by atoms with Crippen LogP contribution in [0.2, 0.25) is 0 Å². The fourth-order valence-electron chi connectivity index (χ4n) is 3.41. The second-order valence-corrected chi connectivity index (χ2v) is 6.99. The van der Waals surface area contributed by atoms with Gasteiger partial charge in [0.05, 0.1) is 11.1 Å². The standard InChI is InChI=1S/C21H22N4O2/c1-24(2)16-12-13-25(14-16)21(26)18-11-7-6-10-17(18)20-22-19(23-27-20)15-8-4-3-5-9-15/h3-11,16H,12-14H2,1-2H3/t16-/m1/s1. The first-order valence-corrected chi connectivity index (χ1v) is 9.07. The predicted molar refractivity (Wildman–Crippen MR) is 103 cm³/mol. The van der Waals surface area contributed by atoms with Gasteiger partial charge in [-0.1, -0.05) is 47.6 Å². The van der Waals surface area contributed by atoms with Crippen molar-refractivity contribution in [3.63, 3.8) is 0 Å². The van der Waals surface area contributed by atoms with Crippen molar-refractivity contribution in [2.45, 2.75) is 12.5 Å². The molecule has 0 N–H and O–H groups in total. The van der Waals surface area contributed by atoms with Gasteiger partial charge in [-0.2, -0.15) is 4.98 Å². The van der Waals surface area contributed by atoms with Gasteiger partial charge in [-0.15, -0.1) is 0 Å². The molecule has 1 amide bonds. The molecule has 1 aromatic heterocycles. The topological polar surface area (TPSA) is 62.5 Å². The van der Waals surface area contributed by atoms with Gasteiger partial charge in [-0.25, -0.2) is 0 Å². The number of rotatable bonds is 4. The molecule has 1 aliphatic heterocycles. The highest BCUT2D eigenvalue weighted by molar-refractivity contribution is 6.00. The number of carbonyl (C=O) groups is 1. The molecule has 6 heteroatoms. The number of carbonyl (C=O) groups excluding carboxylic acids is 1. The first-order chi connectivity index (χ1) is 13.1. The maximum Gasteiger partial charge on any atom is 0.259 e. The summed E-state index contributed by atoms with van der Waals surface area (Å²) in [6, 6.07) is 17.5. The highest BCUT2D eigenvalue weighted by Gasteiger charge is 2.30. The summed E-state index contributed by atoms with van der Waals surface area (Å²) in [5.74, 6) is 0.886. The van der Waals surface area contributed by atoms with Crippen molar-refractivity contribution in [2.75, 3.05) is 27.2 Å². The summed E-state index contributed by atoms with van der Waals surface area (Å²) in [4.78, 5) is 21.7. The summed E-state index contributed by atoms with van der Waals surface area (Å²) in [6.07, 6.45) is 0.986. The zero-order valence-electron chi connectivity index (χ0n) is 15.5. The first-order valence-electron chi connectivity index (χ1n) is 9.07. The van der Waals surface area contributed by atoms with E-state index in [0.717, 1.165) is 25.1 Å². The van der Waals surface area contributed by atoms with Gasteiger partial charge in [0.15, 0.2) is 0 Å². The highest BCUT2D eigenvalue weighted by atomic mass is 16.5. The zero-order chi connectivity index (χ0) is 18.8. The van der Waals surface area contributed by atoms with Crippen LogP contribution in [-0.4, -0.2) is 59.1 Å². The van der Waals surface area contributed by atoms with Crippen LogP contribution in [0.15, 0.2) is 59.1 Å².